The summed E-state index contributed by atoms with van der Waals surface area (Å²) < 4.78 is 39.9. The minimum absolute atomic E-state index is 0.178. The Kier molecular flexibility index (Phi) is 6.23. The number of amides is 1. The van der Waals surface area contributed by atoms with E-state index in [4.69, 9.17) is 9.47 Å². The molecule has 7 nitrogen and oxygen atoms in total. The molecule has 0 unspecified atom stereocenters. The molecule has 1 atom stereocenters. The topological polar surface area (TPSA) is 84.9 Å². The van der Waals surface area contributed by atoms with Gasteiger partial charge in [-0.15, -0.1) is 11.3 Å². The lowest BCUT2D eigenvalue weighted by Crippen LogP contribution is -2.40. The van der Waals surface area contributed by atoms with Gasteiger partial charge in [-0.2, -0.15) is 4.31 Å². The highest BCUT2D eigenvalue weighted by molar-refractivity contribution is 7.89. The molecule has 2 heterocycles. The van der Waals surface area contributed by atoms with Gasteiger partial charge < -0.3 is 14.8 Å². The summed E-state index contributed by atoms with van der Waals surface area (Å²) in [6.45, 7) is 1.74. The van der Waals surface area contributed by atoms with E-state index in [1.807, 2.05) is 29.6 Å². The Labute approximate surface area is 191 Å². The first-order valence-electron chi connectivity index (χ1n) is 10.0. The zero-order chi connectivity index (χ0) is 22.9. The van der Waals surface area contributed by atoms with Crippen molar-refractivity contribution in [3.05, 3.63) is 69.9 Å². The van der Waals surface area contributed by atoms with Crippen LogP contribution in [0.2, 0.25) is 0 Å². The Balaban J connectivity index is 1.79. The molecule has 2 aromatic carbocycles. The van der Waals surface area contributed by atoms with Crippen molar-refractivity contribution in [2.75, 3.05) is 26.1 Å². The molecule has 0 saturated carbocycles. The molecule has 3 aromatic rings. The van der Waals surface area contributed by atoms with Gasteiger partial charge in [-0.05, 0) is 65.4 Å². The maximum atomic E-state index is 13.7. The second-order valence-corrected chi connectivity index (χ2v) is 10.3. The third kappa shape index (κ3) is 4.11. The lowest BCUT2D eigenvalue weighted by atomic mass is 9.92. The van der Waals surface area contributed by atoms with Crippen molar-refractivity contribution in [2.45, 2.75) is 24.3 Å². The van der Waals surface area contributed by atoms with Crippen LogP contribution in [0.4, 0.5) is 5.69 Å². The normalized spacial score (nSPS) is 16.3. The number of carbonyl (C=O) groups excluding carboxylic acids is 1. The maximum absolute atomic E-state index is 13.7. The Morgan fingerprint density at radius 3 is 2.38 bits per heavy atom. The van der Waals surface area contributed by atoms with Crippen LogP contribution in [0.25, 0.3) is 0 Å². The molecule has 0 fully saturated rings. The van der Waals surface area contributed by atoms with Crippen LogP contribution >= 0.6 is 11.3 Å². The number of sulfonamides is 1. The summed E-state index contributed by atoms with van der Waals surface area (Å²) in [7, 11) is -0.649. The number of ether oxygens (including phenoxy) is 2. The average Bonchev–Trinajstić information content (AvgIpc) is 3.31. The number of hydrogen-bond acceptors (Lipinski definition) is 6. The summed E-state index contributed by atoms with van der Waals surface area (Å²) in [6, 6.07) is 13.4. The molecule has 1 aliphatic rings. The monoisotopic (exact) mass is 472 g/mol. The molecule has 0 saturated heterocycles. The van der Waals surface area contributed by atoms with Crippen LogP contribution in [0.5, 0.6) is 11.5 Å². The van der Waals surface area contributed by atoms with Gasteiger partial charge in [-0.3, -0.25) is 4.79 Å². The van der Waals surface area contributed by atoms with E-state index >= 15 is 0 Å². The van der Waals surface area contributed by atoms with E-state index in [1.165, 1.54) is 30.4 Å². The molecule has 1 aliphatic heterocycles. The molecule has 168 valence electrons. The third-order valence-corrected chi connectivity index (χ3v) is 8.23. The largest absolute Gasteiger partial charge is 0.493 e. The Morgan fingerprint density at radius 1 is 1.09 bits per heavy atom. The van der Waals surface area contributed by atoms with Crippen molar-refractivity contribution in [2.24, 2.45) is 0 Å². The number of nitrogens with zero attached hydrogens (tertiary/aromatic N) is 1. The molecule has 0 spiro atoms. The van der Waals surface area contributed by atoms with Crippen molar-refractivity contribution in [3.8, 4) is 11.5 Å². The van der Waals surface area contributed by atoms with E-state index in [0.717, 1.165) is 16.0 Å². The van der Waals surface area contributed by atoms with Gasteiger partial charge in [-0.1, -0.05) is 6.07 Å². The number of rotatable bonds is 6. The average molecular weight is 473 g/mol. The number of nitrogens with one attached hydrogen (secondary N) is 1. The molecule has 0 aliphatic carbocycles. The maximum Gasteiger partial charge on any atom is 0.243 e. The van der Waals surface area contributed by atoms with E-state index in [-0.39, 0.29) is 10.8 Å². The standard InChI is InChI=1S/C23H24N2O5S2/c1-15(26)24-17-6-8-18(9-7-17)32(27,28)25-11-10-16-13-20(29-2)21(30-3)14-19(16)23(25)22-5-4-12-31-22/h4-9,12-14,23H,10-11H2,1-3H3,(H,24,26)/t23-/m0/s1. The van der Waals surface area contributed by atoms with E-state index in [1.54, 1.807) is 30.7 Å². The van der Waals surface area contributed by atoms with Crippen LogP contribution in [0.1, 0.15) is 29.0 Å². The fraction of sp³-hybridized carbons (Fsp3) is 0.261. The number of carbonyl (C=O) groups is 1. The Hall–Kier alpha value is -2.88. The van der Waals surface area contributed by atoms with Crippen molar-refractivity contribution >= 4 is 33.0 Å². The Morgan fingerprint density at radius 2 is 1.78 bits per heavy atom. The minimum atomic E-state index is -3.81. The van der Waals surface area contributed by atoms with Gasteiger partial charge in [0.2, 0.25) is 15.9 Å². The number of methoxy groups -OCH3 is 2. The van der Waals surface area contributed by atoms with Crippen LogP contribution in [-0.2, 0) is 21.2 Å². The van der Waals surface area contributed by atoms with Crippen LogP contribution in [0.15, 0.2) is 58.8 Å². The van der Waals surface area contributed by atoms with Crippen LogP contribution in [0.3, 0.4) is 0 Å². The van der Waals surface area contributed by atoms with E-state index in [2.05, 4.69) is 5.32 Å². The SMILES string of the molecule is COc1cc2c(cc1OC)[C@@H](c1cccs1)N(S(=O)(=O)c1ccc(NC(C)=O)cc1)CC2. The highest BCUT2D eigenvalue weighted by Gasteiger charge is 2.38. The predicted octanol–water partition coefficient (Wildman–Crippen LogP) is 4.06. The van der Waals surface area contributed by atoms with Gasteiger partial charge in [0.15, 0.2) is 11.5 Å². The molecular formula is C23H24N2O5S2. The molecule has 0 radical (unpaired) electrons. The van der Waals surface area contributed by atoms with Gasteiger partial charge in [-0.25, -0.2) is 8.42 Å². The highest BCUT2D eigenvalue weighted by atomic mass is 32.2. The summed E-state index contributed by atoms with van der Waals surface area (Å²) in [5, 5.41) is 4.60. The quantitative estimate of drug-likeness (QED) is 0.585. The number of thiophene rings is 1. The molecule has 9 heteroatoms. The molecule has 1 N–H and O–H groups in total. The number of benzene rings is 2. The molecule has 0 bridgehead atoms. The fourth-order valence-corrected chi connectivity index (χ4v) is 6.48. The molecule has 1 amide bonds. The summed E-state index contributed by atoms with van der Waals surface area (Å²) in [5.74, 6) is 0.975. The van der Waals surface area contributed by atoms with Crippen molar-refractivity contribution < 1.29 is 22.7 Å². The van der Waals surface area contributed by atoms with Crippen molar-refractivity contribution in [1.82, 2.24) is 4.31 Å². The van der Waals surface area contributed by atoms with Gasteiger partial charge >= 0.3 is 0 Å². The Bertz CT molecular complexity index is 1220. The minimum Gasteiger partial charge on any atom is -0.493 e. The number of anilines is 1. The third-order valence-electron chi connectivity index (χ3n) is 5.42. The van der Waals surface area contributed by atoms with Crippen LogP contribution in [0, 0.1) is 0 Å². The van der Waals surface area contributed by atoms with Crippen molar-refractivity contribution in [3.63, 3.8) is 0 Å². The lowest BCUT2D eigenvalue weighted by Gasteiger charge is -2.36. The summed E-state index contributed by atoms with van der Waals surface area (Å²) in [4.78, 5) is 12.4. The zero-order valence-corrected chi connectivity index (χ0v) is 19.6. The summed E-state index contributed by atoms with van der Waals surface area (Å²) >= 11 is 1.52. The fourth-order valence-electron chi connectivity index (χ4n) is 3.97. The lowest BCUT2D eigenvalue weighted by molar-refractivity contribution is -0.114. The predicted molar refractivity (Wildman–Crippen MR) is 124 cm³/mol. The number of hydrogen-bond donors (Lipinski definition) is 1. The van der Waals surface area contributed by atoms with Crippen molar-refractivity contribution in [1.29, 1.82) is 0 Å². The highest BCUT2D eigenvalue weighted by Crippen LogP contribution is 2.44. The second kappa shape index (κ2) is 8.93. The molecule has 32 heavy (non-hydrogen) atoms. The van der Waals surface area contributed by atoms with E-state index in [0.29, 0.717) is 30.2 Å². The molecule has 1 aromatic heterocycles. The van der Waals surface area contributed by atoms with Crippen LogP contribution < -0.4 is 14.8 Å². The summed E-state index contributed by atoms with van der Waals surface area (Å²) in [6.07, 6.45) is 0.556. The molecule has 4 rings (SSSR count). The van der Waals surface area contributed by atoms with Gasteiger partial charge in [0.1, 0.15) is 0 Å². The smallest absolute Gasteiger partial charge is 0.243 e. The summed E-state index contributed by atoms with van der Waals surface area (Å²) in [5.41, 5.74) is 2.47. The molecular weight excluding hydrogens is 448 g/mol. The first-order chi connectivity index (χ1) is 15.3. The number of fused-ring (bicyclic) bond motifs is 1. The van der Waals surface area contributed by atoms with E-state index in [9.17, 15) is 13.2 Å². The second-order valence-electron chi connectivity index (χ2n) is 7.40. The zero-order valence-electron chi connectivity index (χ0n) is 18.0. The first kappa shape index (κ1) is 22.3. The van der Waals surface area contributed by atoms with Crippen LogP contribution in [-0.4, -0.2) is 39.4 Å². The van der Waals surface area contributed by atoms with Gasteiger partial charge in [0, 0.05) is 24.0 Å². The van der Waals surface area contributed by atoms with Gasteiger partial charge in [0.05, 0.1) is 25.2 Å². The van der Waals surface area contributed by atoms with E-state index < -0.39 is 16.1 Å². The van der Waals surface area contributed by atoms with Gasteiger partial charge in [0.25, 0.3) is 0 Å². The first-order valence-corrected chi connectivity index (χ1v) is 12.3.